The molecule has 15 heavy (non-hydrogen) atoms. The van der Waals surface area contributed by atoms with Gasteiger partial charge in [-0.3, -0.25) is 0 Å². The van der Waals surface area contributed by atoms with Crippen molar-refractivity contribution >= 4 is 10.0 Å². The Bertz CT molecular complexity index is 250. The lowest BCUT2D eigenvalue weighted by Gasteiger charge is -2.17. The average molecular weight is 236 g/mol. The SMILES string of the molecule is CCCNCCS(=O)(=O)NC(C)C(C)C. The summed E-state index contributed by atoms with van der Waals surface area (Å²) in [4.78, 5) is 0. The van der Waals surface area contributed by atoms with Gasteiger partial charge in [-0.25, -0.2) is 13.1 Å². The van der Waals surface area contributed by atoms with Crippen molar-refractivity contribution in [3.8, 4) is 0 Å². The van der Waals surface area contributed by atoms with E-state index in [0.29, 0.717) is 12.5 Å². The fourth-order valence-electron chi connectivity index (χ4n) is 0.987. The van der Waals surface area contributed by atoms with E-state index in [-0.39, 0.29) is 11.8 Å². The van der Waals surface area contributed by atoms with Crippen molar-refractivity contribution < 1.29 is 8.42 Å². The largest absolute Gasteiger partial charge is 0.316 e. The van der Waals surface area contributed by atoms with Crippen molar-refractivity contribution in [1.29, 1.82) is 0 Å². The topological polar surface area (TPSA) is 58.2 Å². The van der Waals surface area contributed by atoms with Gasteiger partial charge >= 0.3 is 0 Å². The summed E-state index contributed by atoms with van der Waals surface area (Å²) in [5.74, 6) is 0.479. The first-order valence-electron chi connectivity index (χ1n) is 5.59. The standard InChI is InChI=1S/C10H24N2O2S/c1-5-6-11-7-8-15(13,14)12-10(4)9(2)3/h9-12H,5-8H2,1-4H3. The van der Waals surface area contributed by atoms with Crippen molar-refractivity contribution in [3.05, 3.63) is 0 Å². The highest BCUT2D eigenvalue weighted by Crippen LogP contribution is 2.01. The summed E-state index contributed by atoms with van der Waals surface area (Å²) in [6.45, 7) is 9.34. The third-order valence-electron chi connectivity index (χ3n) is 2.34. The molecule has 0 aliphatic rings. The Hall–Kier alpha value is -0.130. The fourth-order valence-corrected chi connectivity index (χ4v) is 2.36. The Morgan fingerprint density at radius 2 is 1.73 bits per heavy atom. The zero-order valence-corrected chi connectivity index (χ0v) is 11.0. The minimum absolute atomic E-state index is 0.00109. The van der Waals surface area contributed by atoms with E-state index in [1.165, 1.54) is 0 Å². The maximum Gasteiger partial charge on any atom is 0.213 e. The normalized spacial score (nSPS) is 14.5. The zero-order chi connectivity index (χ0) is 11.9. The highest BCUT2D eigenvalue weighted by atomic mass is 32.2. The van der Waals surface area contributed by atoms with Crippen molar-refractivity contribution in [2.24, 2.45) is 5.92 Å². The van der Waals surface area contributed by atoms with Crippen LogP contribution < -0.4 is 10.0 Å². The predicted octanol–water partition coefficient (Wildman–Crippen LogP) is 0.950. The molecule has 0 saturated carbocycles. The van der Waals surface area contributed by atoms with Crippen LogP contribution in [-0.2, 0) is 10.0 Å². The molecular weight excluding hydrogens is 212 g/mol. The molecule has 0 radical (unpaired) electrons. The fraction of sp³-hybridized carbons (Fsp3) is 1.00. The zero-order valence-electron chi connectivity index (χ0n) is 10.2. The lowest BCUT2D eigenvalue weighted by molar-refractivity contribution is 0.476. The number of nitrogens with one attached hydrogen (secondary N) is 2. The molecule has 0 aliphatic heterocycles. The minimum Gasteiger partial charge on any atom is -0.316 e. The summed E-state index contributed by atoms with van der Waals surface area (Å²) in [6, 6.07) is 0.00109. The first-order chi connectivity index (χ1) is 6.89. The van der Waals surface area contributed by atoms with E-state index in [4.69, 9.17) is 0 Å². The van der Waals surface area contributed by atoms with E-state index in [1.807, 2.05) is 20.8 Å². The van der Waals surface area contributed by atoms with E-state index in [0.717, 1.165) is 13.0 Å². The summed E-state index contributed by atoms with van der Waals surface area (Å²) in [5, 5.41) is 3.07. The van der Waals surface area contributed by atoms with Gasteiger partial charge in [0.2, 0.25) is 10.0 Å². The van der Waals surface area contributed by atoms with E-state index < -0.39 is 10.0 Å². The van der Waals surface area contributed by atoms with Gasteiger partial charge in [-0.15, -0.1) is 0 Å². The van der Waals surface area contributed by atoms with Gasteiger partial charge in [0.25, 0.3) is 0 Å². The van der Waals surface area contributed by atoms with E-state index >= 15 is 0 Å². The minimum atomic E-state index is -3.12. The van der Waals surface area contributed by atoms with Gasteiger partial charge in [0.05, 0.1) is 5.75 Å². The van der Waals surface area contributed by atoms with Crippen LogP contribution in [0.5, 0.6) is 0 Å². The number of hydrogen-bond acceptors (Lipinski definition) is 3. The van der Waals surface area contributed by atoms with Gasteiger partial charge in [0, 0.05) is 12.6 Å². The molecule has 0 saturated heterocycles. The second-order valence-electron chi connectivity index (χ2n) is 4.22. The third-order valence-corrected chi connectivity index (χ3v) is 3.81. The molecule has 5 heteroatoms. The van der Waals surface area contributed by atoms with Gasteiger partial charge in [-0.05, 0) is 25.8 Å². The van der Waals surface area contributed by atoms with Gasteiger partial charge < -0.3 is 5.32 Å². The summed E-state index contributed by atoms with van der Waals surface area (Å²) in [7, 11) is -3.12. The maximum atomic E-state index is 11.6. The van der Waals surface area contributed by atoms with E-state index in [9.17, 15) is 8.42 Å². The van der Waals surface area contributed by atoms with Crippen molar-refractivity contribution in [3.63, 3.8) is 0 Å². The van der Waals surface area contributed by atoms with E-state index in [1.54, 1.807) is 0 Å². The summed E-state index contributed by atoms with van der Waals surface area (Å²) in [5.41, 5.74) is 0. The monoisotopic (exact) mass is 236 g/mol. The van der Waals surface area contributed by atoms with Gasteiger partial charge in [-0.2, -0.15) is 0 Å². The Morgan fingerprint density at radius 1 is 1.13 bits per heavy atom. The summed E-state index contributed by atoms with van der Waals surface area (Å²) >= 11 is 0. The molecule has 0 spiro atoms. The highest BCUT2D eigenvalue weighted by Gasteiger charge is 2.15. The molecule has 0 amide bonds. The molecule has 0 heterocycles. The Labute approximate surface area is 93.9 Å². The average Bonchev–Trinajstić information content (AvgIpc) is 2.11. The van der Waals surface area contributed by atoms with Crippen molar-refractivity contribution in [2.75, 3.05) is 18.8 Å². The lowest BCUT2D eigenvalue weighted by Crippen LogP contribution is -2.39. The highest BCUT2D eigenvalue weighted by molar-refractivity contribution is 7.89. The van der Waals surface area contributed by atoms with Crippen LogP contribution in [0.3, 0.4) is 0 Å². The molecule has 2 N–H and O–H groups in total. The van der Waals surface area contributed by atoms with Gasteiger partial charge in [0.1, 0.15) is 0 Å². The molecule has 1 atom stereocenters. The molecule has 0 aromatic rings. The molecule has 0 bridgehead atoms. The maximum absolute atomic E-state index is 11.6. The molecule has 92 valence electrons. The Kier molecular flexibility index (Phi) is 7.13. The van der Waals surface area contributed by atoms with Crippen LogP contribution in [0.15, 0.2) is 0 Å². The van der Waals surface area contributed by atoms with Crippen LogP contribution in [0.4, 0.5) is 0 Å². The molecular formula is C10H24N2O2S. The second-order valence-corrected chi connectivity index (χ2v) is 6.09. The van der Waals surface area contributed by atoms with Gasteiger partial charge in [0.15, 0.2) is 0 Å². The summed E-state index contributed by atoms with van der Waals surface area (Å²) in [6.07, 6.45) is 1.02. The van der Waals surface area contributed by atoms with Crippen molar-refractivity contribution in [2.45, 2.75) is 40.2 Å². The predicted molar refractivity (Wildman–Crippen MR) is 64.4 cm³/mol. The first-order valence-corrected chi connectivity index (χ1v) is 7.25. The number of hydrogen-bond donors (Lipinski definition) is 2. The second kappa shape index (κ2) is 7.19. The Morgan fingerprint density at radius 3 is 2.20 bits per heavy atom. The van der Waals surface area contributed by atoms with Crippen molar-refractivity contribution in [1.82, 2.24) is 10.0 Å². The summed E-state index contributed by atoms with van der Waals surface area (Å²) < 4.78 is 25.8. The third kappa shape index (κ3) is 7.76. The Balaban J connectivity index is 3.87. The first kappa shape index (κ1) is 14.9. The lowest BCUT2D eigenvalue weighted by atomic mass is 10.1. The number of sulfonamides is 1. The number of rotatable bonds is 8. The van der Waals surface area contributed by atoms with Gasteiger partial charge in [-0.1, -0.05) is 20.8 Å². The molecule has 0 rings (SSSR count). The quantitative estimate of drug-likeness (QED) is 0.617. The van der Waals surface area contributed by atoms with Crippen LogP contribution in [0.2, 0.25) is 0 Å². The molecule has 0 aromatic heterocycles. The van der Waals surface area contributed by atoms with Crippen LogP contribution >= 0.6 is 0 Å². The molecule has 0 fully saturated rings. The van der Waals surface area contributed by atoms with Crippen LogP contribution in [0, 0.1) is 5.92 Å². The van der Waals surface area contributed by atoms with Crippen LogP contribution in [0.25, 0.3) is 0 Å². The molecule has 1 unspecified atom stereocenters. The smallest absolute Gasteiger partial charge is 0.213 e. The van der Waals surface area contributed by atoms with Crippen LogP contribution in [0.1, 0.15) is 34.1 Å². The van der Waals surface area contributed by atoms with E-state index in [2.05, 4.69) is 17.0 Å². The molecule has 0 aliphatic carbocycles. The molecule has 4 nitrogen and oxygen atoms in total. The molecule has 0 aromatic carbocycles. The van der Waals surface area contributed by atoms with Crippen LogP contribution in [-0.4, -0.2) is 33.3 Å².